The van der Waals surface area contributed by atoms with Crippen molar-refractivity contribution in [2.24, 2.45) is 0 Å². The molecule has 0 rings (SSSR count). The highest BCUT2D eigenvalue weighted by Gasteiger charge is 2.19. The molecule has 0 fully saturated rings. The first kappa shape index (κ1) is 79.6. The Kier molecular flexibility index (Phi) is 68.2. The van der Waals surface area contributed by atoms with Gasteiger partial charge in [-0.1, -0.05) is 337 Å². The number of esters is 3. The van der Waals surface area contributed by atoms with Gasteiger partial charge in [0, 0.05) is 19.3 Å². The fourth-order valence-electron chi connectivity index (χ4n) is 10.5. The summed E-state index contributed by atoms with van der Waals surface area (Å²) in [6.07, 6.45) is 95.1. The Bertz CT molecular complexity index is 1570. The summed E-state index contributed by atoms with van der Waals surface area (Å²) in [6, 6.07) is 0. The summed E-state index contributed by atoms with van der Waals surface area (Å²) in [5, 5.41) is 0. The molecule has 6 nitrogen and oxygen atoms in total. The maximum Gasteiger partial charge on any atom is 0.306 e. The summed E-state index contributed by atoms with van der Waals surface area (Å²) in [4.78, 5) is 38.2. The van der Waals surface area contributed by atoms with Gasteiger partial charge in [-0.25, -0.2) is 0 Å². The summed E-state index contributed by atoms with van der Waals surface area (Å²) in [7, 11) is 0. The van der Waals surface area contributed by atoms with E-state index in [1.165, 1.54) is 231 Å². The first-order valence-corrected chi connectivity index (χ1v) is 36.1. The number of ether oxygens (including phenoxy) is 3. The Hall–Kier alpha value is -3.41. The lowest BCUT2D eigenvalue weighted by Crippen LogP contribution is -2.30. The molecule has 0 radical (unpaired) electrons. The Balaban J connectivity index is 4.08. The molecule has 0 N–H and O–H groups in total. The van der Waals surface area contributed by atoms with Gasteiger partial charge in [-0.2, -0.15) is 0 Å². The molecule has 1 atom stereocenters. The van der Waals surface area contributed by atoms with Crippen molar-refractivity contribution in [1.82, 2.24) is 0 Å². The zero-order valence-corrected chi connectivity index (χ0v) is 55.2. The Morgan fingerprint density at radius 1 is 0.253 bits per heavy atom. The molecule has 0 aliphatic heterocycles. The van der Waals surface area contributed by atoms with E-state index in [2.05, 4.69) is 106 Å². The van der Waals surface area contributed by atoms with E-state index in [0.29, 0.717) is 19.3 Å². The minimum Gasteiger partial charge on any atom is -0.462 e. The van der Waals surface area contributed by atoms with Crippen LogP contribution in [0.25, 0.3) is 0 Å². The Morgan fingerprint density at radius 3 is 0.771 bits per heavy atom. The van der Waals surface area contributed by atoms with Gasteiger partial charge in [0.15, 0.2) is 6.10 Å². The number of unbranched alkanes of at least 4 members (excludes halogenated alkanes) is 41. The molecule has 0 spiro atoms. The average molecular weight is 1160 g/mol. The van der Waals surface area contributed by atoms with Crippen LogP contribution in [0.5, 0.6) is 0 Å². The van der Waals surface area contributed by atoms with Crippen LogP contribution in [0, 0.1) is 0 Å². The maximum atomic E-state index is 12.9. The van der Waals surface area contributed by atoms with Crippen LogP contribution >= 0.6 is 0 Å². The minimum absolute atomic E-state index is 0.0903. The van der Waals surface area contributed by atoms with Crippen LogP contribution in [-0.4, -0.2) is 37.2 Å². The molecule has 0 amide bonds. The second-order valence-corrected chi connectivity index (χ2v) is 24.1. The molecule has 1 unspecified atom stereocenters. The molecule has 0 aromatic rings. The summed E-state index contributed by atoms with van der Waals surface area (Å²) in [5.74, 6) is -0.921. The van der Waals surface area contributed by atoms with E-state index < -0.39 is 6.10 Å². The van der Waals surface area contributed by atoms with E-state index in [-0.39, 0.29) is 37.5 Å². The van der Waals surface area contributed by atoms with Gasteiger partial charge in [0.25, 0.3) is 0 Å². The zero-order chi connectivity index (χ0) is 59.9. The second-order valence-electron chi connectivity index (χ2n) is 24.1. The molecule has 0 bridgehead atoms. The monoisotopic (exact) mass is 1160 g/mol. The maximum absolute atomic E-state index is 12.9. The first-order chi connectivity index (χ1) is 41.0. The molecule has 0 aliphatic carbocycles. The van der Waals surface area contributed by atoms with Crippen molar-refractivity contribution in [2.45, 2.75) is 374 Å². The topological polar surface area (TPSA) is 78.9 Å². The van der Waals surface area contributed by atoms with Crippen LogP contribution in [0.1, 0.15) is 367 Å². The van der Waals surface area contributed by atoms with Gasteiger partial charge in [0.2, 0.25) is 0 Å². The third-order valence-electron chi connectivity index (χ3n) is 15.9. The van der Waals surface area contributed by atoms with Crippen LogP contribution in [0.4, 0.5) is 0 Å². The van der Waals surface area contributed by atoms with Gasteiger partial charge in [-0.05, 0) is 96.3 Å². The van der Waals surface area contributed by atoms with Gasteiger partial charge >= 0.3 is 17.9 Å². The largest absolute Gasteiger partial charge is 0.462 e. The van der Waals surface area contributed by atoms with Crippen LogP contribution in [0.2, 0.25) is 0 Å². The molecular formula is C77H136O6. The molecular weight excluding hydrogens is 1020 g/mol. The van der Waals surface area contributed by atoms with Crippen LogP contribution < -0.4 is 0 Å². The van der Waals surface area contributed by atoms with Crippen LogP contribution in [0.15, 0.2) is 85.1 Å². The number of carbonyl (C=O) groups is 3. The predicted molar refractivity (Wildman–Crippen MR) is 362 cm³/mol. The summed E-state index contributed by atoms with van der Waals surface area (Å²) in [6.45, 7) is 6.51. The van der Waals surface area contributed by atoms with Gasteiger partial charge in [-0.3, -0.25) is 14.4 Å². The quantitative estimate of drug-likeness (QED) is 0.0261. The van der Waals surface area contributed by atoms with Gasteiger partial charge in [-0.15, -0.1) is 0 Å². The molecule has 0 heterocycles. The summed E-state index contributed by atoms with van der Waals surface area (Å²) < 4.78 is 16.9. The third kappa shape index (κ3) is 69.3. The van der Waals surface area contributed by atoms with E-state index in [4.69, 9.17) is 14.2 Å². The van der Waals surface area contributed by atoms with Crippen molar-refractivity contribution in [2.75, 3.05) is 13.2 Å². The van der Waals surface area contributed by atoms with Crippen LogP contribution in [-0.2, 0) is 28.6 Å². The lowest BCUT2D eigenvalue weighted by molar-refractivity contribution is -0.167. The Labute approximate surface area is 515 Å². The van der Waals surface area contributed by atoms with E-state index in [1.54, 1.807) is 0 Å². The lowest BCUT2D eigenvalue weighted by Gasteiger charge is -2.18. The normalized spacial score (nSPS) is 12.6. The van der Waals surface area contributed by atoms with E-state index in [1.807, 2.05) is 0 Å². The smallest absolute Gasteiger partial charge is 0.306 e. The molecule has 0 saturated heterocycles. The number of carbonyl (C=O) groups excluding carboxylic acids is 3. The standard InChI is InChI=1S/C77H136O6/c1-4-7-10-13-16-19-21-23-25-27-29-31-32-33-34-35-36-37-38-39-40-41-42-43-44-46-47-49-51-53-55-58-61-64-67-70-76(79)82-73-74(72-81-75(78)69-66-63-60-57-18-15-12-9-6-3)83-77(80)71-68-65-62-59-56-54-52-50-48-45-30-28-26-24-22-20-17-14-11-8-5-2/h8,11,17,20,24,26-27,29-30,45,50,52,56,59,74H,4-7,9-10,12-16,18-19,21-23,25,28,31-44,46-49,51,53-55,57-58,60-73H2,1-3H3/b11-8-,20-17-,26-24-,29-27-,45-30-,52-50-,59-56-. The number of rotatable bonds is 66. The highest BCUT2D eigenvalue weighted by molar-refractivity contribution is 5.71. The molecule has 0 aromatic heterocycles. The van der Waals surface area contributed by atoms with Gasteiger partial charge in [0.1, 0.15) is 13.2 Å². The van der Waals surface area contributed by atoms with Crippen molar-refractivity contribution < 1.29 is 28.6 Å². The summed E-state index contributed by atoms with van der Waals surface area (Å²) in [5.41, 5.74) is 0. The number of hydrogen-bond acceptors (Lipinski definition) is 6. The van der Waals surface area contributed by atoms with Crippen molar-refractivity contribution in [1.29, 1.82) is 0 Å². The van der Waals surface area contributed by atoms with Gasteiger partial charge < -0.3 is 14.2 Å². The third-order valence-corrected chi connectivity index (χ3v) is 15.9. The molecule has 83 heavy (non-hydrogen) atoms. The second kappa shape index (κ2) is 71.1. The SMILES string of the molecule is CC/C=C\C/C=C\C/C=C\C/C=C\C/C=C\C/C=C\CCCCC(=O)OC(COC(=O)CCCCCCCCCCC)COC(=O)CCCCCCCCCCCCCCCCCCCCCCCCC/C=C\CCCCCCCCCC. The minimum atomic E-state index is -0.798. The fraction of sp³-hybridized carbons (Fsp3) is 0.779. The van der Waals surface area contributed by atoms with Gasteiger partial charge in [0.05, 0.1) is 0 Å². The predicted octanol–water partition coefficient (Wildman–Crippen LogP) is 25.0. The van der Waals surface area contributed by atoms with E-state index >= 15 is 0 Å². The lowest BCUT2D eigenvalue weighted by atomic mass is 10.0. The van der Waals surface area contributed by atoms with Crippen molar-refractivity contribution in [3.63, 3.8) is 0 Å². The Morgan fingerprint density at radius 2 is 0.470 bits per heavy atom. The highest BCUT2D eigenvalue weighted by Crippen LogP contribution is 2.18. The van der Waals surface area contributed by atoms with E-state index in [9.17, 15) is 14.4 Å². The highest BCUT2D eigenvalue weighted by atomic mass is 16.6. The first-order valence-electron chi connectivity index (χ1n) is 36.1. The number of allylic oxidation sites excluding steroid dienone is 14. The molecule has 6 heteroatoms. The van der Waals surface area contributed by atoms with Crippen molar-refractivity contribution >= 4 is 17.9 Å². The zero-order valence-electron chi connectivity index (χ0n) is 55.2. The average Bonchev–Trinajstić information content (AvgIpc) is 3.49. The summed E-state index contributed by atoms with van der Waals surface area (Å²) >= 11 is 0. The molecule has 0 saturated carbocycles. The van der Waals surface area contributed by atoms with Crippen molar-refractivity contribution in [3.05, 3.63) is 85.1 Å². The van der Waals surface area contributed by atoms with E-state index in [0.717, 1.165) is 89.9 Å². The molecule has 480 valence electrons. The van der Waals surface area contributed by atoms with Crippen LogP contribution in [0.3, 0.4) is 0 Å². The molecule has 0 aromatic carbocycles. The molecule has 0 aliphatic rings. The van der Waals surface area contributed by atoms with Crippen molar-refractivity contribution in [3.8, 4) is 0 Å². The fourth-order valence-corrected chi connectivity index (χ4v) is 10.5. The number of hydrogen-bond donors (Lipinski definition) is 0.